The molecule has 25 heavy (non-hydrogen) atoms. The molecule has 8 nitrogen and oxygen atoms in total. The number of phenols is 2. The van der Waals surface area contributed by atoms with Crippen molar-refractivity contribution in [2.45, 2.75) is 11.9 Å². The molecule has 0 spiro atoms. The molecule has 2 aromatic rings. The first-order chi connectivity index (χ1) is 11.8. The van der Waals surface area contributed by atoms with E-state index in [2.05, 4.69) is 0 Å². The first-order valence-electron chi connectivity index (χ1n) is 7.25. The summed E-state index contributed by atoms with van der Waals surface area (Å²) in [6.07, 6.45) is -1.61. The summed E-state index contributed by atoms with van der Waals surface area (Å²) in [6, 6.07) is 7.07. The molecule has 8 heteroatoms. The highest BCUT2D eigenvalue weighted by atomic mass is 16.6. The minimum absolute atomic E-state index is 0.000717. The highest BCUT2D eigenvalue weighted by Gasteiger charge is 2.52. The SMILES string of the molecule is COc1cc2c(c(O)c1OC)C(=O)C(O)(O)C(c1ccccc1O)O2. The molecule has 3 rings (SSSR count). The predicted octanol–water partition coefficient (Wildman–Crippen LogP) is 1.11. The quantitative estimate of drug-likeness (QED) is 0.608. The molecule has 0 radical (unpaired) electrons. The zero-order valence-corrected chi connectivity index (χ0v) is 13.4. The Morgan fingerprint density at radius 2 is 1.80 bits per heavy atom. The number of ketones is 1. The standard InChI is InChI=1S/C17H16O8/c1-23-11-7-10-12(13(19)14(11)24-2)15(20)17(21,22)16(25-10)8-5-3-4-6-9(8)18/h3-7,16,18-19,21-22H,1-2H3. The minimum atomic E-state index is -3.01. The molecular weight excluding hydrogens is 332 g/mol. The van der Waals surface area contributed by atoms with Crippen molar-refractivity contribution in [1.29, 1.82) is 0 Å². The van der Waals surface area contributed by atoms with Crippen molar-refractivity contribution in [1.82, 2.24) is 0 Å². The maximum absolute atomic E-state index is 12.6. The Morgan fingerprint density at radius 3 is 2.40 bits per heavy atom. The van der Waals surface area contributed by atoms with Crippen LogP contribution in [0.1, 0.15) is 22.0 Å². The Bertz CT molecular complexity index is 843. The van der Waals surface area contributed by atoms with Gasteiger partial charge >= 0.3 is 0 Å². The van der Waals surface area contributed by atoms with E-state index in [0.717, 1.165) is 0 Å². The van der Waals surface area contributed by atoms with Gasteiger partial charge in [0.15, 0.2) is 17.6 Å². The number of hydrogen-bond acceptors (Lipinski definition) is 8. The molecule has 1 heterocycles. The van der Waals surface area contributed by atoms with E-state index in [0.29, 0.717) is 0 Å². The third-order valence-electron chi connectivity index (χ3n) is 4.00. The van der Waals surface area contributed by atoms with Gasteiger partial charge in [0.25, 0.3) is 5.79 Å². The van der Waals surface area contributed by atoms with E-state index < -0.39 is 29.0 Å². The molecule has 4 N–H and O–H groups in total. The second-order valence-electron chi connectivity index (χ2n) is 5.45. The molecule has 0 aromatic heterocycles. The first kappa shape index (κ1) is 16.9. The molecule has 1 unspecified atom stereocenters. The monoisotopic (exact) mass is 348 g/mol. The summed E-state index contributed by atoms with van der Waals surface area (Å²) in [4.78, 5) is 12.6. The molecule has 0 fully saturated rings. The second-order valence-corrected chi connectivity index (χ2v) is 5.45. The van der Waals surface area contributed by atoms with Crippen LogP contribution < -0.4 is 14.2 Å². The summed E-state index contributed by atoms with van der Waals surface area (Å²) in [5.41, 5.74) is -0.449. The van der Waals surface area contributed by atoms with Gasteiger partial charge in [-0.3, -0.25) is 4.79 Å². The fraction of sp³-hybridized carbons (Fsp3) is 0.235. The number of ether oxygens (including phenoxy) is 3. The van der Waals surface area contributed by atoms with Gasteiger partial charge in [-0.05, 0) is 6.07 Å². The number of hydrogen-bond donors (Lipinski definition) is 4. The molecule has 0 bridgehead atoms. The lowest BCUT2D eigenvalue weighted by Gasteiger charge is -2.36. The second kappa shape index (κ2) is 5.83. The number of carbonyl (C=O) groups excluding carboxylic acids is 1. The average molecular weight is 348 g/mol. The zero-order valence-electron chi connectivity index (χ0n) is 13.4. The number of fused-ring (bicyclic) bond motifs is 1. The van der Waals surface area contributed by atoms with Crippen molar-refractivity contribution >= 4 is 5.78 Å². The summed E-state index contributed by atoms with van der Waals surface area (Å²) in [5, 5.41) is 40.9. The molecule has 0 saturated heterocycles. The Kier molecular flexibility index (Phi) is 3.94. The van der Waals surface area contributed by atoms with Gasteiger partial charge in [-0.2, -0.15) is 0 Å². The van der Waals surface area contributed by atoms with Gasteiger partial charge < -0.3 is 34.6 Å². The number of benzene rings is 2. The van der Waals surface area contributed by atoms with Gasteiger partial charge in [-0.15, -0.1) is 0 Å². The number of methoxy groups -OCH3 is 2. The van der Waals surface area contributed by atoms with Crippen molar-refractivity contribution in [2.75, 3.05) is 14.2 Å². The highest BCUT2D eigenvalue weighted by molar-refractivity contribution is 6.08. The zero-order chi connectivity index (χ0) is 18.4. The third kappa shape index (κ3) is 2.43. The molecule has 2 aromatic carbocycles. The number of aromatic hydroxyl groups is 2. The molecule has 0 amide bonds. The summed E-state index contributed by atoms with van der Waals surface area (Å²) < 4.78 is 15.6. The van der Waals surface area contributed by atoms with Crippen LogP contribution in [0, 0.1) is 0 Å². The molecule has 0 aliphatic carbocycles. The fourth-order valence-electron chi connectivity index (χ4n) is 2.77. The normalized spacial score (nSPS) is 18.2. The Morgan fingerprint density at radius 1 is 1.12 bits per heavy atom. The van der Waals surface area contributed by atoms with E-state index in [1.165, 1.54) is 38.5 Å². The maximum atomic E-state index is 12.6. The molecule has 1 aliphatic rings. The van der Waals surface area contributed by atoms with E-state index in [1.807, 2.05) is 0 Å². The van der Waals surface area contributed by atoms with E-state index in [1.54, 1.807) is 6.07 Å². The lowest BCUT2D eigenvalue weighted by atomic mass is 9.89. The molecule has 1 atom stereocenters. The van der Waals surface area contributed by atoms with Gasteiger partial charge in [-0.1, -0.05) is 18.2 Å². The number of para-hydroxylation sites is 1. The van der Waals surface area contributed by atoms with Crippen LogP contribution in [0.25, 0.3) is 0 Å². The van der Waals surface area contributed by atoms with Gasteiger partial charge in [0, 0.05) is 11.6 Å². The van der Waals surface area contributed by atoms with E-state index >= 15 is 0 Å². The molecule has 0 saturated carbocycles. The Hall–Kier alpha value is -2.97. The van der Waals surface area contributed by atoms with E-state index in [9.17, 15) is 25.2 Å². The topological polar surface area (TPSA) is 126 Å². The van der Waals surface area contributed by atoms with Crippen LogP contribution in [0.2, 0.25) is 0 Å². The summed E-state index contributed by atoms with van der Waals surface area (Å²) in [6.45, 7) is 0. The van der Waals surface area contributed by atoms with E-state index in [-0.39, 0.29) is 28.6 Å². The Balaban J connectivity index is 2.22. The number of Topliss-reactive ketones (excluding diaryl/α,β-unsaturated/α-hetero) is 1. The van der Waals surface area contributed by atoms with Crippen LogP contribution in [0.4, 0.5) is 0 Å². The van der Waals surface area contributed by atoms with Crippen LogP contribution in [0.15, 0.2) is 30.3 Å². The largest absolute Gasteiger partial charge is 0.508 e. The van der Waals surface area contributed by atoms with Crippen molar-refractivity contribution in [2.24, 2.45) is 0 Å². The molecule has 132 valence electrons. The Labute approximate surface area is 142 Å². The fourth-order valence-corrected chi connectivity index (χ4v) is 2.77. The van der Waals surface area contributed by atoms with E-state index in [4.69, 9.17) is 14.2 Å². The van der Waals surface area contributed by atoms with Crippen LogP contribution in [-0.2, 0) is 0 Å². The number of carbonyl (C=O) groups is 1. The number of phenolic OH excluding ortho intramolecular Hbond substituents is 2. The van der Waals surface area contributed by atoms with Gasteiger partial charge in [0.2, 0.25) is 11.5 Å². The van der Waals surface area contributed by atoms with Crippen LogP contribution in [0.5, 0.6) is 28.7 Å². The summed E-state index contributed by atoms with van der Waals surface area (Å²) in [7, 11) is 2.59. The number of rotatable bonds is 3. The van der Waals surface area contributed by atoms with Crippen LogP contribution in [-0.4, -0.2) is 46.2 Å². The van der Waals surface area contributed by atoms with Crippen LogP contribution in [0.3, 0.4) is 0 Å². The van der Waals surface area contributed by atoms with Gasteiger partial charge in [0.05, 0.1) is 14.2 Å². The van der Waals surface area contributed by atoms with Crippen molar-refractivity contribution in [3.8, 4) is 28.7 Å². The third-order valence-corrected chi connectivity index (χ3v) is 4.00. The number of aliphatic hydroxyl groups is 2. The lowest BCUT2D eigenvalue weighted by molar-refractivity contribution is -0.186. The minimum Gasteiger partial charge on any atom is -0.508 e. The summed E-state index contributed by atoms with van der Waals surface area (Å²) >= 11 is 0. The van der Waals surface area contributed by atoms with Gasteiger partial charge in [0.1, 0.15) is 17.1 Å². The van der Waals surface area contributed by atoms with Crippen molar-refractivity contribution < 1.29 is 39.4 Å². The highest BCUT2D eigenvalue weighted by Crippen LogP contribution is 2.51. The predicted molar refractivity (Wildman–Crippen MR) is 84.2 cm³/mol. The maximum Gasteiger partial charge on any atom is 0.272 e. The van der Waals surface area contributed by atoms with Crippen LogP contribution >= 0.6 is 0 Å². The first-order valence-corrected chi connectivity index (χ1v) is 7.25. The molecule has 1 aliphatic heterocycles. The average Bonchev–Trinajstić information content (AvgIpc) is 2.58. The van der Waals surface area contributed by atoms with Gasteiger partial charge in [-0.25, -0.2) is 0 Å². The lowest BCUT2D eigenvalue weighted by Crippen LogP contribution is -2.49. The molecular formula is C17H16O8. The van der Waals surface area contributed by atoms with Crippen molar-refractivity contribution in [3.05, 3.63) is 41.5 Å². The van der Waals surface area contributed by atoms with Crippen molar-refractivity contribution in [3.63, 3.8) is 0 Å². The summed E-state index contributed by atoms with van der Waals surface area (Å²) in [5.74, 6) is -5.30. The smallest absolute Gasteiger partial charge is 0.272 e.